The molecule has 0 bridgehead atoms. The molecule has 0 saturated carbocycles. The van der Waals surface area contributed by atoms with Crippen LogP contribution in [0, 0.1) is 86.5 Å². The molecule has 0 saturated heterocycles. The highest BCUT2D eigenvalue weighted by Crippen LogP contribution is 2.27. The van der Waals surface area contributed by atoms with Gasteiger partial charge in [0.2, 0.25) is 0 Å². The summed E-state index contributed by atoms with van der Waals surface area (Å²) < 4.78 is 0. The van der Waals surface area contributed by atoms with Gasteiger partial charge in [-0.05, 0) is 112 Å². The zero-order chi connectivity index (χ0) is 19.0. The minimum Gasteiger partial charge on any atom is -0.115 e. The van der Waals surface area contributed by atoms with Crippen LogP contribution in [0.5, 0.6) is 0 Å². The fraction of sp³-hybridized carbons (Fsp3) is 0.360. The fourth-order valence-corrected chi connectivity index (χ4v) is 3.53. The molecule has 0 spiro atoms. The molecule has 0 heteroatoms. The lowest BCUT2D eigenvalue weighted by molar-refractivity contribution is 1.16. The molecule has 2 aromatic carbocycles. The maximum Gasteiger partial charge on any atom is 0.0313 e. The first-order valence-corrected chi connectivity index (χ1v) is 8.79. The monoisotopic (exact) mass is 328 g/mol. The predicted molar refractivity (Wildman–Crippen MR) is 109 cm³/mol. The molecule has 25 heavy (non-hydrogen) atoms. The van der Waals surface area contributed by atoms with Crippen LogP contribution in [0.3, 0.4) is 0 Å². The van der Waals surface area contributed by atoms with Crippen LogP contribution >= 0.6 is 0 Å². The second kappa shape index (κ2) is 6.82. The van der Waals surface area contributed by atoms with Crippen LogP contribution in [0.2, 0.25) is 0 Å². The molecule has 0 fully saturated rings. The summed E-state index contributed by atoms with van der Waals surface area (Å²) in [5.74, 6) is 9.78. The lowest BCUT2D eigenvalue weighted by atomic mass is 9.88. The minimum atomic E-state index is 1.01. The quantitative estimate of drug-likeness (QED) is 0.533. The Labute approximate surface area is 153 Å². The van der Waals surface area contributed by atoms with Gasteiger partial charge in [0.1, 0.15) is 0 Å². The van der Waals surface area contributed by atoms with E-state index in [0.29, 0.717) is 0 Å². The van der Waals surface area contributed by atoms with Crippen molar-refractivity contribution >= 4 is 0 Å². The molecule has 0 aliphatic rings. The number of hydrogen-bond acceptors (Lipinski definition) is 0. The average molecular weight is 328 g/mol. The lowest BCUT2D eigenvalue weighted by Crippen LogP contribution is -2.02. The molecular formula is C25H28. The molecular weight excluding hydrogens is 300 g/mol. The molecule has 2 aromatic rings. The van der Waals surface area contributed by atoms with E-state index >= 15 is 0 Å². The summed E-state index contributed by atoms with van der Waals surface area (Å²) in [4.78, 5) is 0. The second-order valence-electron chi connectivity index (χ2n) is 7.14. The van der Waals surface area contributed by atoms with Crippen LogP contribution < -0.4 is 0 Å². The molecule has 128 valence electrons. The van der Waals surface area contributed by atoms with Gasteiger partial charge in [-0.25, -0.2) is 0 Å². The van der Waals surface area contributed by atoms with Gasteiger partial charge in [-0.15, -0.1) is 6.42 Å². The zero-order valence-corrected chi connectivity index (χ0v) is 17.1. The highest BCUT2D eigenvalue weighted by molar-refractivity contribution is 5.63. The van der Waals surface area contributed by atoms with Crippen LogP contribution in [0.1, 0.15) is 66.8 Å². The standard InChI is InChI=1S/C25H28/c1-11-23-19(7)21(9)25(22(10)20(23)8)13-12-24-17(5)15(3)14(2)16(4)18(24)6/h1H,2-10H3. The Morgan fingerprint density at radius 3 is 0.960 bits per heavy atom. The van der Waals surface area contributed by atoms with Gasteiger partial charge in [-0.1, -0.05) is 17.8 Å². The largest absolute Gasteiger partial charge is 0.115 e. The number of benzene rings is 2. The van der Waals surface area contributed by atoms with Crippen molar-refractivity contribution in [2.45, 2.75) is 62.3 Å². The summed E-state index contributed by atoms with van der Waals surface area (Å²) in [6.07, 6.45) is 5.71. The minimum absolute atomic E-state index is 1.01. The Kier molecular flexibility index (Phi) is 5.15. The van der Waals surface area contributed by atoms with Gasteiger partial charge < -0.3 is 0 Å². The number of rotatable bonds is 0. The van der Waals surface area contributed by atoms with E-state index in [4.69, 9.17) is 6.42 Å². The predicted octanol–water partition coefficient (Wildman–Crippen LogP) is 5.84. The summed E-state index contributed by atoms with van der Waals surface area (Å²) in [7, 11) is 0. The van der Waals surface area contributed by atoms with E-state index in [0.717, 1.165) is 16.7 Å². The van der Waals surface area contributed by atoms with Crippen molar-refractivity contribution < 1.29 is 0 Å². The molecule has 0 N–H and O–H groups in total. The van der Waals surface area contributed by atoms with Gasteiger partial charge in [-0.2, -0.15) is 0 Å². The summed E-state index contributed by atoms with van der Waals surface area (Å²) >= 11 is 0. The van der Waals surface area contributed by atoms with E-state index in [1.54, 1.807) is 0 Å². The van der Waals surface area contributed by atoms with E-state index in [-0.39, 0.29) is 0 Å². The third-order valence-electron chi connectivity index (χ3n) is 6.08. The molecule has 0 unspecified atom stereocenters. The van der Waals surface area contributed by atoms with Crippen molar-refractivity contribution in [2.75, 3.05) is 0 Å². The first kappa shape index (κ1) is 18.9. The molecule has 0 radical (unpaired) electrons. The Morgan fingerprint density at radius 1 is 0.400 bits per heavy atom. The van der Waals surface area contributed by atoms with Gasteiger partial charge in [0.25, 0.3) is 0 Å². The Morgan fingerprint density at radius 2 is 0.640 bits per heavy atom. The maximum atomic E-state index is 5.71. The smallest absolute Gasteiger partial charge is 0.0313 e. The zero-order valence-electron chi connectivity index (χ0n) is 17.1. The van der Waals surface area contributed by atoms with Crippen LogP contribution in [-0.4, -0.2) is 0 Å². The van der Waals surface area contributed by atoms with Gasteiger partial charge in [0.15, 0.2) is 0 Å². The lowest BCUT2D eigenvalue weighted by Gasteiger charge is -2.16. The van der Waals surface area contributed by atoms with Crippen LogP contribution in [0.4, 0.5) is 0 Å². The Hall–Kier alpha value is -2.44. The molecule has 0 aliphatic carbocycles. The first-order chi connectivity index (χ1) is 11.6. The van der Waals surface area contributed by atoms with Gasteiger partial charge in [-0.3, -0.25) is 0 Å². The van der Waals surface area contributed by atoms with Crippen molar-refractivity contribution in [1.29, 1.82) is 0 Å². The topological polar surface area (TPSA) is 0 Å². The summed E-state index contributed by atoms with van der Waals surface area (Å²) in [6, 6.07) is 0. The average Bonchev–Trinajstić information content (AvgIpc) is 2.59. The molecule has 2 rings (SSSR count). The van der Waals surface area contributed by atoms with E-state index in [2.05, 4.69) is 80.1 Å². The SMILES string of the molecule is C#Cc1c(C)c(C)c(C#Cc2c(C)c(C)c(C)c(C)c2C)c(C)c1C. The van der Waals surface area contributed by atoms with E-state index in [9.17, 15) is 0 Å². The number of hydrogen-bond donors (Lipinski definition) is 0. The summed E-state index contributed by atoms with van der Waals surface area (Å²) in [6.45, 7) is 19.4. The fourth-order valence-electron chi connectivity index (χ4n) is 3.53. The summed E-state index contributed by atoms with van der Waals surface area (Å²) in [5, 5.41) is 0. The maximum absolute atomic E-state index is 5.71. The van der Waals surface area contributed by atoms with E-state index < -0.39 is 0 Å². The number of terminal acetylenes is 1. The Balaban J connectivity index is 2.76. The van der Waals surface area contributed by atoms with Crippen molar-refractivity contribution in [3.05, 3.63) is 66.8 Å². The highest BCUT2D eigenvalue weighted by atomic mass is 14.2. The van der Waals surface area contributed by atoms with Crippen LogP contribution in [-0.2, 0) is 0 Å². The van der Waals surface area contributed by atoms with Crippen molar-refractivity contribution in [1.82, 2.24) is 0 Å². The summed E-state index contributed by atoms with van der Waals surface area (Å²) in [5.41, 5.74) is 14.6. The molecule has 0 aliphatic heterocycles. The van der Waals surface area contributed by atoms with Gasteiger partial charge in [0, 0.05) is 16.7 Å². The molecule has 0 amide bonds. The normalized spacial score (nSPS) is 10.2. The first-order valence-electron chi connectivity index (χ1n) is 8.79. The van der Waals surface area contributed by atoms with Crippen molar-refractivity contribution in [2.24, 2.45) is 0 Å². The van der Waals surface area contributed by atoms with E-state index in [1.807, 2.05) is 0 Å². The van der Waals surface area contributed by atoms with Gasteiger partial charge in [0.05, 0.1) is 0 Å². The van der Waals surface area contributed by atoms with Gasteiger partial charge >= 0.3 is 0 Å². The second-order valence-corrected chi connectivity index (χ2v) is 7.14. The molecule has 0 atom stereocenters. The third-order valence-corrected chi connectivity index (χ3v) is 6.08. The highest BCUT2D eigenvalue weighted by Gasteiger charge is 2.13. The third kappa shape index (κ3) is 2.99. The van der Waals surface area contributed by atoms with Crippen LogP contribution in [0.15, 0.2) is 0 Å². The molecule has 0 heterocycles. The Bertz CT molecular complexity index is 922. The van der Waals surface area contributed by atoms with Crippen LogP contribution in [0.25, 0.3) is 0 Å². The van der Waals surface area contributed by atoms with Crippen molar-refractivity contribution in [3.8, 4) is 24.2 Å². The molecule has 0 aromatic heterocycles. The molecule has 0 nitrogen and oxygen atoms in total. The van der Waals surface area contributed by atoms with Crippen molar-refractivity contribution in [3.63, 3.8) is 0 Å². The van der Waals surface area contributed by atoms with E-state index in [1.165, 1.54) is 50.1 Å².